The molecule has 1 amide bonds. The van der Waals surface area contributed by atoms with Crippen LogP contribution in [-0.4, -0.2) is 36.0 Å². The van der Waals surface area contributed by atoms with Crippen molar-refractivity contribution < 1.29 is 4.79 Å². The number of likely N-dealkylation sites (tertiary alicyclic amines) is 1. The van der Waals surface area contributed by atoms with Gasteiger partial charge >= 0.3 is 0 Å². The Balaban J connectivity index is 1.93. The Hall–Kier alpha value is -1.08. The first-order valence-electron chi connectivity index (χ1n) is 4.76. The van der Waals surface area contributed by atoms with E-state index < -0.39 is 0 Å². The lowest BCUT2D eigenvalue weighted by Crippen LogP contribution is -2.55. The van der Waals surface area contributed by atoms with Crippen molar-refractivity contribution in [2.45, 2.75) is 31.3 Å². The Morgan fingerprint density at radius 2 is 2.38 bits per heavy atom. The number of rotatable bonds is 1. The summed E-state index contributed by atoms with van der Waals surface area (Å²) in [6, 6.07) is 1.96. The molecule has 0 aliphatic carbocycles. The van der Waals surface area contributed by atoms with E-state index >= 15 is 0 Å². The second kappa shape index (κ2) is 3.35. The van der Waals surface area contributed by atoms with E-state index in [2.05, 4.69) is 11.4 Å². The fourth-order valence-corrected chi connectivity index (χ4v) is 1.88. The molecule has 0 aromatic carbocycles. The zero-order valence-corrected chi connectivity index (χ0v) is 7.49. The van der Waals surface area contributed by atoms with Crippen LogP contribution in [0.2, 0.25) is 0 Å². The molecule has 0 bridgehead atoms. The molecular formula is C9H13N3O. The zero-order valence-electron chi connectivity index (χ0n) is 7.49. The minimum atomic E-state index is -0.157. The number of nitrogens with zero attached hydrogens (tertiary/aromatic N) is 2. The van der Waals surface area contributed by atoms with Gasteiger partial charge in [-0.1, -0.05) is 0 Å². The second-order valence-corrected chi connectivity index (χ2v) is 3.61. The van der Waals surface area contributed by atoms with Crippen molar-refractivity contribution in [3.63, 3.8) is 0 Å². The summed E-state index contributed by atoms with van der Waals surface area (Å²) in [5.74, 6) is 0.121. The SMILES string of the molecule is N#CC1CCN1C(=O)C1CCCN1. The number of hydrogen-bond acceptors (Lipinski definition) is 3. The highest BCUT2D eigenvalue weighted by molar-refractivity contribution is 5.83. The van der Waals surface area contributed by atoms with Gasteiger partial charge in [0.05, 0.1) is 12.1 Å². The van der Waals surface area contributed by atoms with Gasteiger partial charge in [0.2, 0.25) is 5.91 Å². The molecule has 2 atom stereocenters. The lowest BCUT2D eigenvalue weighted by Gasteiger charge is -2.37. The number of hydrogen-bond donors (Lipinski definition) is 1. The third kappa shape index (κ3) is 1.40. The monoisotopic (exact) mass is 179 g/mol. The number of carbonyl (C=O) groups is 1. The van der Waals surface area contributed by atoms with Crippen molar-refractivity contribution in [3.05, 3.63) is 0 Å². The van der Waals surface area contributed by atoms with Gasteiger partial charge in [-0.15, -0.1) is 0 Å². The topological polar surface area (TPSA) is 56.1 Å². The van der Waals surface area contributed by atoms with Crippen molar-refractivity contribution in [2.75, 3.05) is 13.1 Å². The fraction of sp³-hybridized carbons (Fsp3) is 0.778. The van der Waals surface area contributed by atoms with Crippen LogP contribution in [-0.2, 0) is 4.79 Å². The first kappa shape index (κ1) is 8.52. The van der Waals surface area contributed by atoms with Crippen LogP contribution < -0.4 is 5.32 Å². The summed E-state index contributed by atoms with van der Waals surface area (Å²) in [7, 11) is 0. The molecule has 0 aromatic rings. The molecule has 1 N–H and O–H groups in total. The van der Waals surface area contributed by atoms with Crippen LogP contribution in [0, 0.1) is 11.3 Å². The molecular weight excluding hydrogens is 166 g/mol. The molecule has 0 radical (unpaired) electrons. The van der Waals surface area contributed by atoms with Crippen molar-refractivity contribution in [1.82, 2.24) is 10.2 Å². The van der Waals surface area contributed by atoms with E-state index in [0.717, 1.165) is 32.4 Å². The standard InChI is InChI=1S/C9H13N3O/c10-6-7-3-5-12(7)9(13)8-2-1-4-11-8/h7-8,11H,1-5H2. The number of carbonyl (C=O) groups excluding carboxylic acids is 1. The van der Waals surface area contributed by atoms with Crippen molar-refractivity contribution >= 4 is 5.91 Å². The molecule has 4 heteroatoms. The van der Waals surface area contributed by atoms with Gasteiger partial charge in [-0.2, -0.15) is 5.26 Å². The molecule has 2 rings (SSSR count). The van der Waals surface area contributed by atoms with Crippen LogP contribution in [0.1, 0.15) is 19.3 Å². The van der Waals surface area contributed by atoms with Crippen LogP contribution in [0.5, 0.6) is 0 Å². The molecule has 2 aliphatic heterocycles. The molecule has 2 fully saturated rings. The minimum Gasteiger partial charge on any atom is -0.325 e. The maximum Gasteiger partial charge on any atom is 0.240 e. The lowest BCUT2D eigenvalue weighted by atomic mass is 10.0. The predicted molar refractivity (Wildman–Crippen MR) is 46.8 cm³/mol. The molecule has 13 heavy (non-hydrogen) atoms. The summed E-state index contributed by atoms with van der Waals surface area (Å²) in [6.45, 7) is 1.69. The molecule has 70 valence electrons. The first-order valence-corrected chi connectivity index (χ1v) is 4.76. The van der Waals surface area contributed by atoms with E-state index in [9.17, 15) is 4.79 Å². The van der Waals surface area contributed by atoms with Gasteiger partial charge in [0.25, 0.3) is 0 Å². The van der Waals surface area contributed by atoms with Crippen LogP contribution in [0.4, 0.5) is 0 Å². The van der Waals surface area contributed by atoms with Crippen molar-refractivity contribution in [1.29, 1.82) is 5.26 Å². The Bertz CT molecular complexity index is 252. The Labute approximate surface area is 77.5 Å². The van der Waals surface area contributed by atoms with Gasteiger partial charge in [0.15, 0.2) is 0 Å². The number of nitriles is 1. The van der Waals surface area contributed by atoms with Crippen LogP contribution in [0.3, 0.4) is 0 Å². The summed E-state index contributed by atoms with van der Waals surface area (Å²) in [5, 5.41) is 11.8. The summed E-state index contributed by atoms with van der Waals surface area (Å²) < 4.78 is 0. The van der Waals surface area contributed by atoms with Gasteiger partial charge in [-0.05, 0) is 25.8 Å². The average Bonchev–Trinajstić information content (AvgIpc) is 2.54. The van der Waals surface area contributed by atoms with Crippen molar-refractivity contribution in [3.8, 4) is 6.07 Å². The lowest BCUT2D eigenvalue weighted by molar-refractivity contribution is -0.138. The molecule has 0 saturated carbocycles. The van der Waals surface area contributed by atoms with Gasteiger partial charge in [0, 0.05) is 6.54 Å². The fourth-order valence-electron chi connectivity index (χ4n) is 1.88. The summed E-state index contributed by atoms with van der Waals surface area (Å²) in [6.07, 6.45) is 2.84. The normalized spacial score (nSPS) is 32.4. The van der Waals surface area contributed by atoms with E-state index in [-0.39, 0.29) is 18.0 Å². The molecule has 0 aromatic heterocycles. The van der Waals surface area contributed by atoms with Crippen molar-refractivity contribution in [2.24, 2.45) is 0 Å². The molecule has 0 spiro atoms. The third-order valence-electron chi connectivity index (χ3n) is 2.81. The highest BCUT2D eigenvalue weighted by atomic mass is 16.2. The van der Waals surface area contributed by atoms with Gasteiger partial charge in [0.1, 0.15) is 6.04 Å². The predicted octanol–water partition coefficient (Wildman–Crippen LogP) is -0.137. The smallest absolute Gasteiger partial charge is 0.240 e. The maximum atomic E-state index is 11.7. The Kier molecular flexibility index (Phi) is 2.19. The average molecular weight is 179 g/mol. The maximum absolute atomic E-state index is 11.7. The van der Waals surface area contributed by atoms with E-state index in [4.69, 9.17) is 5.26 Å². The highest BCUT2D eigenvalue weighted by Crippen LogP contribution is 2.19. The van der Waals surface area contributed by atoms with Gasteiger partial charge < -0.3 is 10.2 Å². The Morgan fingerprint density at radius 1 is 1.54 bits per heavy atom. The molecule has 2 saturated heterocycles. The van der Waals surface area contributed by atoms with Crippen LogP contribution >= 0.6 is 0 Å². The van der Waals surface area contributed by atoms with Crippen LogP contribution in [0.15, 0.2) is 0 Å². The van der Waals surface area contributed by atoms with Gasteiger partial charge in [-0.3, -0.25) is 4.79 Å². The summed E-state index contributed by atoms with van der Waals surface area (Å²) in [4.78, 5) is 13.4. The second-order valence-electron chi connectivity index (χ2n) is 3.61. The minimum absolute atomic E-state index is 0.0175. The quantitative estimate of drug-likeness (QED) is 0.609. The van der Waals surface area contributed by atoms with E-state index in [1.165, 1.54) is 0 Å². The molecule has 2 unspecified atom stereocenters. The highest BCUT2D eigenvalue weighted by Gasteiger charge is 2.36. The molecule has 4 nitrogen and oxygen atoms in total. The first-order chi connectivity index (χ1) is 6.33. The van der Waals surface area contributed by atoms with E-state index in [0.29, 0.717) is 0 Å². The number of nitrogens with one attached hydrogen (secondary N) is 1. The summed E-state index contributed by atoms with van der Waals surface area (Å²) in [5.41, 5.74) is 0. The largest absolute Gasteiger partial charge is 0.325 e. The van der Waals surface area contributed by atoms with E-state index in [1.54, 1.807) is 4.90 Å². The van der Waals surface area contributed by atoms with Gasteiger partial charge in [-0.25, -0.2) is 0 Å². The summed E-state index contributed by atoms with van der Waals surface area (Å²) >= 11 is 0. The van der Waals surface area contributed by atoms with E-state index in [1.807, 2.05) is 0 Å². The van der Waals surface area contributed by atoms with Crippen LogP contribution in [0.25, 0.3) is 0 Å². The molecule has 2 aliphatic rings. The zero-order chi connectivity index (χ0) is 9.26. The number of amides is 1. The molecule has 2 heterocycles. The Morgan fingerprint density at radius 3 is 2.85 bits per heavy atom. The third-order valence-corrected chi connectivity index (χ3v) is 2.81.